The molecule has 0 aliphatic rings. The second-order valence-corrected chi connectivity index (χ2v) is 6.05. The maximum absolute atomic E-state index is 11.3. The van der Waals surface area contributed by atoms with E-state index in [1.807, 2.05) is 0 Å². The SMILES string of the molecule is NS(=O)(=O)c1cc(C(=O)O)c(NCc2ccco2)cc1Cl.[Cu]. The average Bonchev–Trinajstić information content (AvgIpc) is 2.87. The summed E-state index contributed by atoms with van der Waals surface area (Å²) >= 11 is 5.84. The number of carboxylic acid groups (broad SMARTS) is 1. The second kappa shape index (κ2) is 7.17. The Labute approximate surface area is 142 Å². The van der Waals surface area contributed by atoms with Gasteiger partial charge in [-0.05, 0) is 24.3 Å². The van der Waals surface area contributed by atoms with Gasteiger partial charge >= 0.3 is 5.97 Å². The van der Waals surface area contributed by atoms with Gasteiger partial charge in [0.05, 0.1) is 29.1 Å². The van der Waals surface area contributed by atoms with E-state index in [0.717, 1.165) is 6.07 Å². The molecule has 123 valence electrons. The molecule has 10 heteroatoms. The van der Waals surface area contributed by atoms with Crippen molar-refractivity contribution >= 4 is 33.3 Å². The van der Waals surface area contributed by atoms with Crippen molar-refractivity contribution in [2.45, 2.75) is 11.4 Å². The molecule has 1 aromatic heterocycles. The van der Waals surface area contributed by atoms with Crippen LogP contribution in [0.15, 0.2) is 39.8 Å². The molecule has 0 atom stereocenters. The van der Waals surface area contributed by atoms with Gasteiger partial charge in [0.25, 0.3) is 0 Å². The topological polar surface area (TPSA) is 123 Å². The fraction of sp³-hybridized carbons (Fsp3) is 0.0833. The van der Waals surface area contributed by atoms with Gasteiger partial charge in [0.1, 0.15) is 10.7 Å². The van der Waals surface area contributed by atoms with Gasteiger partial charge in [-0.25, -0.2) is 18.4 Å². The largest absolute Gasteiger partial charge is 0.478 e. The van der Waals surface area contributed by atoms with Crippen molar-refractivity contribution in [2.24, 2.45) is 5.14 Å². The molecule has 1 heterocycles. The van der Waals surface area contributed by atoms with Crippen LogP contribution in [-0.4, -0.2) is 19.5 Å². The summed E-state index contributed by atoms with van der Waals surface area (Å²) in [6.07, 6.45) is 1.48. The Balaban J connectivity index is 0.00000242. The summed E-state index contributed by atoms with van der Waals surface area (Å²) in [5.74, 6) is -0.725. The van der Waals surface area contributed by atoms with Gasteiger partial charge in [-0.15, -0.1) is 0 Å². The van der Waals surface area contributed by atoms with E-state index >= 15 is 0 Å². The molecule has 0 aliphatic heterocycles. The minimum absolute atomic E-state index is 0. The predicted octanol–water partition coefficient (Wildman–Crippen LogP) is 1.89. The van der Waals surface area contributed by atoms with Crippen molar-refractivity contribution in [1.29, 1.82) is 0 Å². The van der Waals surface area contributed by atoms with Gasteiger partial charge in [-0.3, -0.25) is 0 Å². The van der Waals surface area contributed by atoms with E-state index in [-0.39, 0.29) is 39.9 Å². The summed E-state index contributed by atoms with van der Waals surface area (Å²) in [5, 5.41) is 16.8. The summed E-state index contributed by atoms with van der Waals surface area (Å²) in [6, 6.07) is 5.51. The molecule has 0 fully saturated rings. The van der Waals surface area contributed by atoms with E-state index in [1.54, 1.807) is 12.1 Å². The molecule has 0 aliphatic carbocycles. The van der Waals surface area contributed by atoms with Crippen LogP contribution >= 0.6 is 11.6 Å². The molecule has 1 aromatic carbocycles. The molecule has 2 rings (SSSR count). The Hall–Kier alpha value is -1.51. The Bertz CT molecular complexity index is 777. The van der Waals surface area contributed by atoms with Crippen molar-refractivity contribution in [2.75, 3.05) is 5.32 Å². The molecular formula is C12H11ClCuN2O5S. The predicted molar refractivity (Wildman–Crippen MR) is 75.8 cm³/mol. The zero-order valence-corrected chi connectivity index (χ0v) is 13.4. The number of carboxylic acids is 1. The number of carbonyl (C=O) groups is 1. The molecule has 0 saturated carbocycles. The quantitative estimate of drug-likeness (QED) is 0.666. The Kier molecular flexibility index (Phi) is 6.04. The number of benzene rings is 1. The summed E-state index contributed by atoms with van der Waals surface area (Å²) in [4.78, 5) is 10.8. The van der Waals surface area contributed by atoms with Crippen LogP contribution in [-0.2, 0) is 33.6 Å². The number of aromatic carboxylic acids is 1. The number of halogens is 1. The first-order valence-electron chi connectivity index (χ1n) is 5.65. The number of hydrogen-bond donors (Lipinski definition) is 3. The molecule has 7 nitrogen and oxygen atoms in total. The van der Waals surface area contributed by atoms with Crippen LogP contribution in [0.3, 0.4) is 0 Å². The third-order valence-corrected chi connectivity index (χ3v) is 4.02. The van der Waals surface area contributed by atoms with E-state index in [4.69, 9.17) is 26.3 Å². The maximum Gasteiger partial charge on any atom is 0.337 e. The fourth-order valence-electron chi connectivity index (χ4n) is 1.69. The van der Waals surface area contributed by atoms with E-state index in [0.29, 0.717) is 5.76 Å². The number of primary sulfonamides is 1. The summed E-state index contributed by atoms with van der Waals surface area (Å²) in [6.45, 7) is 0.221. The number of hydrogen-bond acceptors (Lipinski definition) is 5. The molecule has 22 heavy (non-hydrogen) atoms. The van der Waals surface area contributed by atoms with Crippen molar-refractivity contribution in [3.8, 4) is 0 Å². The Morgan fingerprint density at radius 2 is 2.09 bits per heavy atom. The number of nitrogens with one attached hydrogen (secondary N) is 1. The Morgan fingerprint density at radius 1 is 1.41 bits per heavy atom. The third kappa shape index (κ3) is 4.25. The van der Waals surface area contributed by atoms with Crippen molar-refractivity contribution in [1.82, 2.24) is 0 Å². The zero-order valence-electron chi connectivity index (χ0n) is 10.8. The van der Waals surface area contributed by atoms with Crippen molar-refractivity contribution in [3.05, 3.63) is 46.9 Å². The maximum atomic E-state index is 11.3. The van der Waals surface area contributed by atoms with E-state index in [9.17, 15) is 13.2 Å². The third-order valence-electron chi connectivity index (χ3n) is 2.64. The minimum Gasteiger partial charge on any atom is -0.478 e. The first-order valence-corrected chi connectivity index (χ1v) is 7.57. The van der Waals surface area contributed by atoms with Gasteiger partial charge in [0.2, 0.25) is 10.0 Å². The smallest absolute Gasteiger partial charge is 0.337 e. The average molecular weight is 394 g/mol. The van der Waals surface area contributed by atoms with Crippen LogP contribution in [0.4, 0.5) is 5.69 Å². The van der Waals surface area contributed by atoms with Gasteiger partial charge in [0.15, 0.2) is 0 Å². The minimum atomic E-state index is -4.11. The molecule has 0 bridgehead atoms. The van der Waals surface area contributed by atoms with E-state index in [2.05, 4.69) is 5.32 Å². The van der Waals surface area contributed by atoms with Crippen LogP contribution in [0.25, 0.3) is 0 Å². The van der Waals surface area contributed by atoms with Crippen LogP contribution in [0.1, 0.15) is 16.1 Å². The van der Waals surface area contributed by atoms with Gasteiger partial charge in [-0.1, -0.05) is 11.6 Å². The van der Waals surface area contributed by atoms with Crippen LogP contribution in [0.5, 0.6) is 0 Å². The second-order valence-electron chi connectivity index (χ2n) is 4.11. The zero-order chi connectivity index (χ0) is 15.6. The van der Waals surface area contributed by atoms with Crippen LogP contribution < -0.4 is 10.5 Å². The standard InChI is InChI=1S/C12H11ClN2O5S.Cu/c13-9-5-10(15-6-7-2-1-3-20-7)8(12(16)17)4-11(9)21(14,18)19;/h1-5,15H,6H2,(H,16,17)(H2,14,18,19);. The monoisotopic (exact) mass is 393 g/mol. The first kappa shape index (κ1) is 18.5. The molecule has 0 amide bonds. The summed E-state index contributed by atoms with van der Waals surface area (Å²) < 4.78 is 27.8. The molecular weight excluding hydrogens is 383 g/mol. The number of rotatable bonds is 5. The number of nitrogens with two attached hydrogens (primary N) is 1. The first-order chi connectivity index (χ1) is 9.79. The number of furan rings is 1. The molecule has 0 spiro atoms. The molecule has 2 aromatic rings. The number of anilines is 1. The van der Waals surface area contributed by atoms with Crippen molar-refractivity contribution in [3.63, 3.8) is 0 Å². The molecule has 0 saturated heterocycles. The molecule has 1 radical (unpaired) electrons. The fourth-order valence-corrected chi connectivity index (χ4v) is 2.79. The van der Waals surface area contributed by atoms with Crippen LogP contribution in [0, 0.1) is 0 Å². The van der Waals surface area contributed by atoms with Gasteiger partial charge in [-0.2, -0.15) is 0 Å². The Morgan fingerprint density at radius 3 is 2.59 bits per heavy atom. The van der Waals surface area contributed by atoms with Gasteiger partial charge < -0.3 is 14.8 Å². The number of sulfonamides is 1. The van der Waals surface area contributed by atoms with Crippen molar-refractivity contribution < 1.29 is 39.8 Å². The van der Waals surface area contributed by atoms with E-state index in [1.165, 1.54) is 12.3 Å². The molecule has 4 N–H and O–H groups in total. The van der Waals surface area contributed by atoms with Crippen LogP contribution in [0.2, 0.25) is 5.02 Å². The molecule has 0 unspecified atom stereocenters. The normalized spacial score (nSPS) is 10.8. The van der Waals surface area contributed by atoms with Gasteiger partial charge in [0, 0.05) is 17.1 Å². The summed E-state index contributed by atoms with van der Waals surface area (Å²) in [7, 11) is -4.11. The van der Waals surface area contributed by atoms with E-state index < -0.39 is 20.9 Å². The summed E-state index contributed by atoms with van der Waals surface area (Å²) in [5.41, 5.74) is -0.0914.